The Kier molecular flexibility index (Phi) is 3.98. The molecule has 1 aromatic heterocycles. The number of aliphatic hydroxyl groups excluding tert-OH is 1. The van der Waals surface area contributed by atoms with Crippen LogP contribution in [0.2, 0.25) is 0 Å². The molecule has 1 saturated heterocycles. The third-order valence-electron chi connectivity index (χ3n) is 2.70. The minimum Gasteiger partial charge on any atom is -0.382 e. The van der Waals surface area contributed by atoms with Crippen LogP contribution in [0.5, 0.6) is 0 Å². The summed E-state index contributed by atoms with van der Waals surface area (Å²) in [4.78, 5) is 12.0. The average molecular weight is 272 g/mol. The third kappa shape index (κ3) is 3.59. The largest absolute Gasteiger partial charge is 0.382 e. The van der Waals surface area contributed by atoms with Gasteiger partial charge in [0.2, 0.25) is 6.41 Å². The fourth-order valence-electron chi connectivity index (χ4n) is 1.88. The number of anilines is 1. The molecule has 1 aromatic rings. The Bertz CT molecular complexity index is 467. The van der Waals surface area contributed by atoms with Gasteiger partial charge in [-0.05, 0) is 27.2 Å². The predicted octanol–water partition coefficient (Wildman–Crippen LogP) is 0.906. The van der Waals surface area contributed by atoms with E-state index in [2.05, 4.69) is 5.32 Å². The molecular weight excluding hydrogens is 252 g/mol. The van der Waals surface area contributed by atoms with Crippen LogP contribution in [0, 0.1) is 0 Å². The van der Waals surface area contributed by atoms with Gasteiger partial charge in [0.25, 0.3) is 0 Å². The molecule has 2 unspecified atom stereocenters. The van der Waals surface area contributed by atoms with Crippen LogP contribution in [0.15, 0.2) is 15.6 Å². The maximum atomic E-state index is 12.0. The van der Waals surface area contributed by atoms with Gasteiger partial charge in [-0.15, -0.1) is 0 Å². The van der Waals surface area contributed by atoms with Crippen LogP contribution >= 0.6 is 0 Å². The molecule has 0 radical (unpaired) electrons. The van der Waals surface area contributed by atoms with Crippen molar-refractivity contribution >= 4 is 5.69 Å². The smallest absolute Gasteiger partial charge is 0.306 e. The first-order valence-corrected chi connectivity index (χ1v) is 6.27. The van der Waals surface area contributed by atoms with Crippen molar-refractivity contribution in [2.45, 2.75) is 45.2 Å². The van der Waals surface area contributed by atoms with Crippen molar-refractivity contribution in [3.8, 4) is 0 Å². The van der Waals surface area contributed by atoms with Gasteiger partial charge in [0.05, 0.1) is 18.2 Å². The molecule has 7 heteroatoms. The molecule has 0 spiro atoms. The van der Waals surface area contributed by atoms with Gasteiger partial charge in [0.1, 0.15) is 12.0 Å². The summed E-state index contributed by atoms with van der Waals surface area (Å²) in [7, 11) is 0. The summed E-state index contributed by atoms with van der Waals surface area (Å²) >= 11 is 0. The molecule has 108 valence electrons. The summed E-state index contributed by atoms with van der Waals surface area (Å²) in [6.45, 7) is 6.51. The van der Waals surface area contributed by atoms with Crippen LogP contribution < -0.4 is 10.9 Å². The first-order chi connectivity index (χ1) is 8.87. The van der Waals surface area contributed by atoms with Crippen LogP contribution in [0.3, 0.4) is 0 Å². The zero-order valence-electron chi connectivity index (χ0n) is 11.4. The second-order valence-electron chi connectivity index (χ2n) is 5.51. The molecule has 0 aliphatic carbocycles. The van der Waals surface area contributed by atoms with Crippen molar-refractivity contribution < 1.29 is 19.1 Å². The zero-order valence-corrected chi connectivity index (χ0v) is 11.4. The quantitative estimate of drug-likeness (QED) is 0.792. The summed E-state index contributed by atoms with van der Waals surface area (Å²) in [5.41, 5.74) is -0.676. The Morgan fingerprint density at radius 1 is 1.58 bits per heavy atom. The van der Waals surface area contributed by atoms with Crippen molar-refractivity contribution in [1.29, 1.82) is 0 Å². The van der Waals surface area contributed by atoms with Gasteiger partial charge in [-0.1, -0.05) is 0 Å². The van der Waals surface area contributed by atoms with E-state index in [1.54, 1.807) is 20.8 Å². The van der Waals surface area contributed by atoms with Gasteiger partial charge in [0, 0.05) is 6.61 Å². The van der Waals surface area contributed by atoms with Crippen molar-refractivity contribution in [1.82, 2.24) is 4.74 Å². The number of aliphatic hydroxyl groups is 1. The first kappa shape index (κ1) is 14.1. The Morgan fingerprint density at radius 3 is 2.89 bits per heavy atom. The van der Waals surface area contributed by atoms with Crippen LogP contribution in [0.4, 0.5) is 5.69 Å². The fraction of sp³-hybridized carbons (Fsp3) is 0.750. The molecule has 1 aliphatic rings. The molecule has 0 bridgehead atoms. The Morgan fingerprint density at radius 2 is 2.32 bits per heavy atom. The number of aromatic nitrogens is 1. The highest BCUT2D eigenvalue weighted by Gasteiger charge is 2.24. The molecule has 0 aromatic carbocycles. The van der Waals surface area contributed by atoms with Crippen molar-refractivity contribution in [2.24, 2.45) is 0 Å². The van der Waals surface area contributed by atoms with Gasteiger partial charge in [-0.2, -0.15) is 4.74 Å². The SMILES string of the molecule is CC(C)(C)OC(O)Nc1con(C2CCOC2)c1=O. The maximum absolute atomic E-state index is 12.0. The molecule has 0 saturated carbocycles. The van der Waals surface area contributed by atoms with E-state index >= 15 is 0 Å². The monoisotopic (exact) mass is 272 g/mol. The average Bonchev–Trinajstić information content (AvgIpc) is 2.87. The molecule has 2 heterocycles. The lowest BCUT2D eigenvalue weighted by atomic mass is 10.2. The van der Waals surface area contributed by atoms with E-state index in [1.165, 1.54) is 11.0 Å². The van der Waals surface area contributed by atoms with E-state index in [0.29, 0.717) is 13.2 Å². The van der Waals surface area contributed by atoms with Crippen molar-refractivity contribution in [2.75, 3.05) is 18.5 Å². The lowest BCUT2D eigenvalue weighted by molar-refractivity contribution is -0.148. The highest BCUT2D eigenvalue weighted by atomic mass is 16.6. The summed E-state index contributed by atoms with van der Waals surface area (Å²) in [6.07, 6.45) is 0.752. The van der Waals surface area contributed by atoms with E-state index in [0.717, 1.165) is 6.42 Å². The van der Waals surface area contributed by atoms with Gasteiger partial charge < -0.3 is 24.4 Å². The standard InChI is InChI=1S/C12H20N2O5/c1-12(2,3)19-11(16)13-9-7-18-14(10(9)15)8-4-5-17-6-8/h7-8,11,13,16H,4-6H2,1-3H3. The Labute approximate surface area is 111 Å². The normalized spacial score (nSPS) is 21.6. The third-order valence-corrected chi connectivity index (χ3v) is 2.70. The van der Waals surface area contributed by atoms with E-state index in [-0.39, 0.29) is 17.3 Å². The summed E-state index contributed by atoms with van der Waals surface area (Å²) in [5.74, 6) is 0. The van der Waals surface area contributed by atoms with E-state index in [1.807, 2.05) is 0 Å². The molecule has 2 atom stereocenters. The summed E-state index contributed by atoms with van der Waals surface area (Å²) in [5, 5.41) is 12.3. The molecule has 1 fully saturated rings. The molecule has 19 heavy (non-hydrogen) atoms. The highest BCUT2D eigenvalue weighted by molar-refractivity contribution is 5.37. The van der Waals surface area contributed by atoms with Crippen LogP contribution in [0.25, 0.3) is 0 Å². The lowest BCUT2D eigenvalue weighted by Gasteiger charge is -2.24. The number of nitrogens with zero attached hydrogens (tertiary/aromatic N) is 1. The molecule has 2 rings (SSSR count). The number of hydrogen-bond acceptors (Lipinski definition) is 6. The maximum Gasteiger partial charge on any atom is 0.306 e. The highest BCUT2D eigenvalue weighted by Crippen LogP contribution is 2.18. The van der Waals surface area contributed by atoms with E-state index in [9.17, 15) is 9.90 Å². The van der Waals surface area contributed by atoms with Crippen LogP contribution in [0.1, 0.15) is 33.2 Å². The van der Waals surface area contributed by atoms with Crippen LogP contribution in [-0.2, 0) is 9.47 Å². The number of nitrogens with one attached hydrogen (secondary N) is 1. The molecular formula is C12H20N2O5. The zero-order chi connectivity index (χ0) is 14.0. The van der Waals surface area contributed by atoms with Crippen LogP contribution in [-0.4, -0.2) is 35.1 Å². The topological polar surface area (TPSA) is 85.9 Å². The van der Waals surface area contributed by atoms with Gasteiger partial charge in [0.15, 0.2) is 0 Å². The molecule has 7 nitrogen and oxygen atoms in total. The number of ether oxygens (including phenoxy) is 2. The number of hydrogen-bond donors (Lipinski definition) is 2. The Hall–Kier alpha value is -1.31. The van der Waals surface area contributed by atoms with Gasteiger partial charge in [-0.25, -0.2) is 0 Å². The predicted molar refractivity (Wildman–Crippen MR) is 67.9 cm³/mol. The summed E-state index contributed by atoms with van der Waals surface area (Å²) < 4.78 is 16.9. The number of rotatable bonds is 4. The van der Waals surface area contributed by atoms with Crippen molar-refractivity contribution in [3.63, 3.8) is 0 Å². The van der Waals surface area contributed by atoms with E-state index < -0.39 is 12.0 Å². The minimum absolute atomic E-state index is 0.0799. The fourth-order valence-corrected chi connectivity index (χ4v) is 1.88. The lowest BCUT2D eigenvalue weighted by Crippen LogP contribution is -2.34. The van der Waals surface area contributed by atoms with E-state index in [4.69, 9.17) is 14.0 Å². The Balaban J connectivity index is 2.03. The molecule has 2 N–H and O–H groups in total. The molecule has 1 aliphatic heterocycles. The second kappa shape index (κ2) is 5.36. The van der Waals surface area contributed by atoms with Crippen molar-refractivity contribution in [3.05, 3.63) is 16.6 Å². The summed E-state index contributed by atoms with van der Waals surface area (Å²) in [6, 6.07) is -0.0799. The second-order valence-corrected chi connectivity index (χ2v) is 5.51. The van der Waals surface area contributed by atoms with Gasteiger partial charge in [-0.3, -0.25) is 4.79 Å². The first-order valence-electron chi connectivity index (χ1n) is 6.27. The molecule has 0 amide bonds. The minimum atomic E-state index is -1.27. The van der Waals surface area contributed by atoms with Gasteiger partial charge >= 0.3 is 5.56 Å².